The highest BCUT2D eigenvalue weighted by atomic mass is 32.2. The molecular weight excluding hydrogens is 571 g/mol. The molecule has 2 atom stereocenters. The van der Waals surface area contributed by atoms with Crippen molar-refractivity contribution >= 4 is 19.7 Å². The van der Waals surface area contributed by atoms with E-state index in [0.29, 0.717) is 24.0 Å². The number of hydrogen-bond donors (Lipinski definition) is 2. The normalized spacial score (nSPS) is 16.4. The van der Waals surface area contributed by atoms with Gasteiger partial charge in [-0.2, -0.15) is 10.5 Å². The second kappa shape index (κ2) is 12.7. The summed E-state index contributed by atoms with van der Waals surface area (Å²) in [5.74, 6) is 0. The summed E-state index contributed by atoms with van der Waals surface area (Å²) in [4.78, 5) is 2.25. The zero-order valence-electron chi connectivity index (χ0n) is 23.7. The summed E-state index contributed by atoms with van der Waals surface area (Å²) in [5, 5.41) is 15.0. The lowest BCUT2D eigenvalue weighted by Gasteiger charge is -2.27. The van der Waals surface area contributed by atoms with Crippen molar-refractivity contribution in [1.82, 2.24) is 4.90 Å². The molecule has 0 fully saturated rings. The van der Waals surface area contributed by atoms with Crippen LogP contribution in [-0.4, -0.2) is 40.9 Å². The lowest BCUT2D eigenvalue weighted by atomic mass is 9.99. The number of hydrogen-bond acceptors (Lipinski definition) is 9. The van der Waals surface area contributed by atoms with Gasteiger partial charge in [0.15, 0.2) is 19.7 Å². The standard InChI is InChI=1S/C31H35N5O4S2/c1-3-13-36(14-4-2)25-15-23-17-28(30(34)41(37,38)26-9-5-21(19-32)6-10-26)29(18-24(23)16-25)31(35)42(39,40)27-11-7-22(20-33)8-12-27/h5-12,17-18,25,30-31H,3-4,13-16,34-35H2,1-2H3. The molecule has 0 aliphatic heterocycles. The lowest BCUT2D eigenvalue weighted by molar-refractivity contribution is 0.202. The molecule has 3 aromatic rings. The van der Waals surface area contributed by atoms with Crippen LogP contribution in [0, 0.1) is 22.7 Å². The van der Waals surface area contributed by atoms with Crippen LogP contribution in [0.2, 0.25) is 0 Å². The van der Waals surface area contributed by atoms with E-state index >= 15 is 0 Å². The van der Waals surface area contributed by atoms with E-state index in [0.717, 1.165) is 37.1 Å². The maximum Gasteiger partial charge on any atom is 0.198 e. The number of nitrogens with two attached hydrogens (primary N) is 2. The van der Waals surface area contributed by atoms with Gasteiger partial charge in [0.2, 0.25) is 0 Å². The summed E-state index contributed by atoms with van der Waals surface area (Å²) in [6.07, 6.45) is 3.35. The van der Waals surface area contributed by atoms with Gasteiger partial charge in [-0.3, -0.25) is 4.90 Å². The highest BCUT2D eigenvalue weighted by molar-refractivity contribution is 7.92. The molecule has 42 heavy (non-hydrogen) atoms. The Bertz CT molecular complexity index is 1610. The van der Waals surface area contributed by atoms with E-state index in [2.05, 4.69) is 18.7 Å². The van der Waals surface area contributed by atoms with Crippen LogP contribution in [0.5, 0.6) is 0 Å². The number of fused-ring (bicyclic) bond motifs is 1. The molecule has 4 rings (SSSR count). The Morgan fingerprint density at radius 2 is 1.10 bits per heavy atom. The van der Waals surface area contributed by atoms with Crippen molar-refractivity contribution in [2.75, 3.05) is 13.1 Å². The van der Waals surface area contributed by atoms with Crippen LogP contribution >= 0.6 is 0 Å². The van der Waals surface area contributed by atoms with E-state index in [4.69, 9.17) is 22.0 Å². The predicted molar refractivity (Wildman–Crippen MR) is 160 cm³/mol. The van der Waals surface area contributed by atoms with Gasteiger partial charge in [0.1, 0.15) is 10.7 Å². The molecule has 4 N–H and O–H groups in total. The zero-order valence-corrected chi connectivity index (χ0v) is 25.3. The Kier molecular flexibility index (Phi) is 9.51. The fourth-order valence-electron chi connectivity index (χ4n) is 5.56. The van der Waals surface area contributed by atoms with Gasteiger partial charge in [-0.15, -0.1) is 0 Å². The first-order valence-electron chi connectivity index (χ1n) is 13.9. The summed E-state index contributed by atoms with van der Waals surface area (Å²) < 4.78 is 54.8. The molecule has 1 aliphatic carbocycles. The summed E-state index contributed by atoms with van der Waals surface area (Å²) in [6, 6.07) is 18.4. The predicted octanol–water partition coefficient (Wildman–Crippen LogP) is 3.88. The summed E-state index contributed by atoms with van der Waals surface area (Å²) in [5.41, 5.74) is 15.6. The fraction of sp³-hybridized carbons (Fsp3) is 0.355. The highest BCUT2D eigenvalue weighted by Gasteiger charge is 2.36. The minimum Gasteiger partial charge on any atom is -0.311 e. The first kappa shape index (κ1) is 31.4. The largest absolute Gasteiger partial charge is 0.311 e. The van der Waals surface area contributed by atoms with Gasteiger partial charge < -0.3 is 11.5 Å². The average molecular weight is 606 g/mol. The van der Waals surface area contributed by atoms with Gasteiger partial charge >= 0.3 is 0 Å². The van der Waals surface area contributed by atoms with E-state index in [1.807, 2.05) is 12.1 Å². The second-order valence-corrected chi connectivity index (χ2v) is 14.7. The van der Waals surface area contributed by atoms with Crippen LogP contribution in [0.25, 0.3) is 0 Å². The topological polar surface area (TPSA) is 171 Å². The Labute approximate surface area is 248 Å². The molecule has 0 saturated carbocycles. The molecule has 0 bridgehead atoms. The smallest absolute Gasteiger partial charge is 0.198 e. The molecule has 0 heterocycles. The van der Waals surface area contributed by atoms with E-state index in [-0.39, 0.29) is 27.0 Å². The van der Waals surface area contributed by atoms with E-state index < -0.39 is 30.4 Å². The number of rotatable bonds is 11. The molecule has 0 aromatic heterocycles. The van der Waals surface area contributed by atoms with Crippen molar-refractivity contribution in [1.29, 1.82) is 10.5 Å². The van der Waals surface area contributed by atoms with Crippen molar-refractivity contribution in [2.45, 2.75) is 66.1 Å². The first-order chi connectivity index (χ1) is 20.0. The molecule has 0 spiro atoms. The quantitative estimate of drug-likeness (QED) is 0.329. The Morgan fingerprint density at radius 1 is 0.738 bits per heavy atom. The van der Waals surface area contributed by atoms with E-state index in [9.17, 15) is 16.8 Å². The molecule has 220 valence electrons. The van der Waals surface area contributed by atoms with Gasteiger partial charge in [0.25, 0.3) is 0 Å². The summed E-state index contributed by atoms with van der Waals surface area (Å²) in [7, 11) is -8.37. The van der Waals surface area contributed by atoms with Crippen molar-refractivity contribution in [3.8, 4) is 12.1 Å². The van der Waals surface area contributed by atoms with Crippen LogP contribution in [-0.2, 0) is 32.5 Å². The van der Waals surface area contributed by atoms with Gasteiger partial charge in [-0.1, -0.05) is 26.0 Å². The molecule has 0 radical (unpaired) electrons. The van der Waals surface area contributed by atoms with Gasteiger partial charge in [0, 0.05) is 6.04 Å². The van der Waals surface area contributed by atoms with E-state index in [1.54, 1.807) is 12.1 Å². The van der Waals surface area contributed by atoms with Crippen molar-refractivity contribution < 1.29 is 16.8 Å². The third-order valence-electron chi connectivity index (χ3n) is 7.76. The third kappa shape index (κ3) is 6.12. The third-order valence-corrected chi connectivity index (χ3v) is 11.5. The molecule has 3 aromatic carbocycles. The number of sulfone groups is 2. The SMILES string of the molecule is CCCN(CCC)C1Cc2cc(C(N)S(=O)(=O)c3ccc(C#N)cc3)c(C(N)S(=O)(=O)c3ccc(C#N)cc3)cc2C1. The first-order valence-corrected chi connectivity index (χ1v) is 17.0. The fourth-order valence-corrected chi connectivity index (χ4v) is 8.25. The van der Waals surface area contributed by atoms with Crippen molar-refractivity contribution in [3.63, 3.8) is 0 Å². The van der Waals surface area contributed by atoms with E-state index in [1.165, 1.54) is 48.5 Å². The average Bonchev–Trinajstić information content (AvgIpc) is 3.42. The van der Waals surface area contributed by atoms with Crippen molar-refractivity contribution in [2.24, 2.45) is 11.5 Å². The van der Waals surface area contributed by atoms with Crippen LogP contribution in [0.4, 0.5) is 0 Å². The van der Waals surface area contributed by atoms with Crippen LogP contribution in [0.3, 0.4) is 0 Å². The Balaban J connectivity index is 1.83. The maximum absolute atomic E-state index is 13.7. The maximum atomic E-state index is 13.7. The van der Waals surface area contributed by atoms with Gasteiger partial charge in [-0.05, 0) is 110 Å². The minimum absolute atomic E-state index is 0.0843. The number of nitrogens with zero attached hydrogens (tertiary/aromatic N) is 3. The number of nitriles is 2. The molecule has 0 amide bonds. The summed E-state index contributed by atoms with van der Waals surface area (Å²) >= 11 is 0. The van der Waals surface area contributed by atoms with Gasteiger partial charge in [0.05, 0.1) is 33.1 Å². The molecular formula is C31H35N5O4S2. The molecule has 11 heteroatoms. The van der Waals surface area contributed by atoms with Crippen LogP contribution in [0.15, 0.2) is 70.5 Å². The summed E-state index contributed by atoms with van der Waals surface area (Å²) in [6.45, 7) is 6.10. The van der Waals surface area contributed by atoms with Crippen LogP contribution < -0.4 is 11.5 Å². The monoisotopic (exact) mass is 605 g/mol. The highest BCUT2D eigenvalue weighted by Crippen LogP contribution is 2.38. The second-order valence-electron chi connectivity index (χ2n) is 10.6. The Morgan fingerprint density at radius 3 is 1.40 bits per heavy atom. The Hall–Kier alpha value is -3.58. The van der Waals surface area contributed by atoms with Crippen LogP contribution in [0.1, 0.15) is 70.8 Å². The number of benzene rings is 3. The zero-order chi connectivity index (χ0) is 30.7. The van der Waals surface area contributed by atoms with Crippen molar-refractivity contribution in [3.05, 3.63) is 94.0 Å². The van der Waals surface area contributed by atoms with Gasteiger partial charge in [-0.25, -0.2) is 16.8 Å². The molecule has 2 unspecified atom stereocenters. The molecule has 1 aliphatic rings. The molecule has 0 saturated heterocycles. The minimum atomic E-state index is -4.19. The molecule has 9 nitrogen and oxygen atoms in total. The lowest BCUT2D eigenvalue weighted by Crippen LogP contribution is -2.37.